The van der Waals surface area contributed by atoms with Gasteiger partial charge in [0.15, 0.2) is 0 Å². The molecule has 2 fully saturated rings. The monoisotopic (exact) mass is 224 g/mol. The van der Waals surface area contributed by atoms with Crippen LogP contribution in [-0.4, -0.2) is 37.6 Å². The van der Waals surface area contributed by atoms with Crippen LogP contribution in [0.3, 0.4) is 0 Å². The van der Waals surface area contributed by atoms with Crippen LogP contribution in [0.25, 0.3) is 0 Å². The Bertz CT molecular complexity index is 217. The zero-order valence-electron chi connectivity index (χ0n) is 11.2. The summed E-state index contributed by atoms with van der Waals surface area (Å²) in [5, 5.41) is 3.50. The fourth-order valence-corrected chi connectivity index (χ4v) is 3.48. The minimum Gasteiger partial charge on any atom is -0.317 e. The predicted molar refractivity (Wildman–Crippen MR) is 69.6 cm³/mol. The third-order valence-corrected chi connectivity index (χ3v) is 4.94. The Balaban J connectivity index is 1.81. The topological polar surface area (TPSA) is 15.3 Å². The maximum Gasteiger partial charge on any atom is 0.0104 e. The van der Waals surface area contributed by atoms with Crippen LogP contribution in [0.2, 0.25) is 0 Å². The van der Waals surface area contributed by atoms with Crippen molar-refractivity contribution in [2.45, 2.75) is 45.6 Å². The van der Waals surface area contributed by atoms with E-state index >= 15 is 0 Å². The molecule has 2 heteroatoms. The maximum absolute atomic E-state index is 3.50. The van der Waals surface area contributed by atoms with Gasteiger partial charge in [-0.15, -0.1) is 0 Å². The third kappa shape index (κ3) is 2.78. The zero-order chi connectivity index (χ0) is 11.5. The van der Waals surface area contributed by atoms with E-state index in [2.05, 4.69) is 31.1 Å². The summed E-state index contributed by atoms with van der Waals surface area (Å²) < 4.78 is 0. The maximum atomic E-state index is 3.50. The first kappa shape index (κ1) is 12.4. The van der Waals surface area contributed by atoms with E-state index in [1.54, 1.807) is 0 Å². The van der Waals surface area contributed by atoms with Crippen molar-refractivity contribution >= 4 is 0 Å². The molecular weight excluding hydrogens is 196 g/mol. The molecule has 0 aromatic rings. The lowest BCUT2D eigenvalue weighted by atomic mass is 9.88. The summed E-state index contributed by atoms with van der Waals surface area (Å²) >= 11 is 0. The molecule has 2 aliphatic rings. The second-order valence-electron chi connectivity index (χ2n) is 6.09. The molecule has 4 atom stereocenters. The molecular formula is C14H28N2. The quantitative estimate of drug-likeness (QED) is 0.791. The first-order chi connectivity index (χ1) is 7.70. The van der Waals surface area contributed by atoms with Gasteiger partial charge in [0.25, 0.3) is 0 Å². The number of hydrogen-bond donors (Lipinski definition) is 1. The first-order valence-corrected chi connectivity index (χ1v) is 7.10. The van der Waals surface area contributed by atoms with Crippen molar-refractivity contribution in [3.8, 4) is 0 Å². The average Bonchev–Trinajstić information content (AvgIpc) is 2.71. The number of likely N-dealkylation sites (tertiary alicyclic amines) is 1. The highest BCUT2D eigenvalue weighted by molar-refractivity contribution is 4.86. The van der Waals surface area contributed by atoms with Crippen LogP contribution in [0, 0.1) is 17.8 Å². The van der Waals surface area contributed by atoms with Gasteiger partial charge in [0.2, 0.25) is 0 Å². The molecule has 1 heterocycles. The van der Waals surface area contributed by atoms with Crippen molar-refractivity contribution in [1.82, 2.24) is 10.2 Å². The van der Waals surface area contributed by atoms with Gasteiger partial charge in [-0.1, -0.05) is 20.3 Å². The lowest BCUT2D eigenvalue weighted by Gasteiger charge is -2.37. The van der Waals surface area contributed by atoms with Gasteiger partial charge in [-0.25, -0.2) is 0 Å². The molecule has 0 amide bonds. The van der Waals surface area contributed by atoms with Crippen LogP contribution in [-0.2, 0) is 0 Å². The highest BCUT2D eigenvalue weighted by atomic mass is 15.1. The van der Waals surface area contributed by atoms with E-state index in [1.807, 2.05) is 0 Å². The van der Waals surface area contributed by atoms with Gasteiger partial charge in [-0.3, -0.25) is 0 Å². The van der Waals surface area contributed by atoms with Crippen LogP contribution >= 0.6 is 0 Å². The standard InChI is InChI=1S/C14H28N2/c1-11-7-8-16(9-12(11)2)10-13-5-4-6-14(13)15-3/h11-15H,4-10H2,1-3H3. The Morgan fingerprint density at radius 2 is 1.94 bits per heavy atom. The summed E-state index contributed by atoms with van der Waals surface area (Å²) in [7, 11) is 2.13. The minimum absolute atomic E-state index is 0.787. The number of piperidine rings is 1. The van der Waals surface area contributed by atoms with Gasteiger partial charge in [-0.2, -0.15) is 0 Å². The Labute approximate surface area is 101 Å². The fraction of sp³-hybridized carbons (Fsp3) is 1.00. The molecule has 0 aromatic heterocycles. The van der Waals surface area contributed by atoms with Crippen molar-refractivity contribution in [3.63, 3.8) is 0 Å². The van der Waals surface area contributed by atoms with Crippen molar-refractivity contribution in [2.24, 2.45) is 17.8 Å². The van der Waals surface area contributed by atoms with E-state index in [9.17, 15) is 0 Å². The number of nitrogens with one attached hydrogen (secondary N) is 1. The van der Waals surface area contributed by atoms with Crippen LogP contribution in [0.5, 0.6) is 0 Å². The van der Waals surface area contributed by atoms with E-state index in [0.29, 0.717) is 0 Å². The second-order valence-corrected chi connectivity index (χ2v) is 6.09. The third-order valence-electron chi connectivity index (χ3n) is 4.94. The lowest BCUT2D eigenvalue weighted by molar-refractivity contribution is 0.116. The van der Waals surface area contributed by atoms with E-state index < -0.39 is 0 Å². The number of rotatable bonds is 3. The SMILES string of the molecule is CNC1CCCC1CN1CCC(C)C(C)C1. The van der Waals surface area contributed by atoms with Gasteiger partial charge in [0.1, 0.15) is 0 Å². The largest absolute Gasteiger partial charge is 0.317 e. The normalized spacial score (nSPS) is 41.4. The molecule has 1 aliphatic heterocycles. The van der Waals surface area contributed by atoms with Crippen LogP contribution in [0.15, 0.2) is 0 Å². The van der Waals surface area contributed by atoms with E-state index in [0.717, 1.165) is 23.8 Å². The van der Waals surface area contributed by atoms with Crippen LogP contribution in [0.1, 0.15) is 39.5 Å². The molecule has 16 heavy (non-hydrogen) atoms. The summed E-state index contributed by atoms with van der Waals surface area (Å²) in [6.45, 7) is 8.82. The summed E-state index contributed by atoms with van der Waals surface area (Å²) in [6.07, 6.45) is 5.65. The number of nitrogens with zero attached hydrogens (tertiary/aromatic N) is 1. The summed E-state index contributed by atoms with van der Waals surface area (Å²) in [5.74, 6) is 2.73. The molecule has 1 N–H and O–H groups in total. The Kier molecular flexibility index (Phi) is 4.26. The zero-order valence-corrected chi connectivity index (χ0v) is 11.2. The van der Waals surface area contributed by atoms with Crippen LogP contribution in [0.4, 0.5) is 0 Å². The smallest absolute Gasteiger partial charge is 0.0104 e. The van der Waals surface area contributed by atoms with Gasteiger partial charge < -0.3 is 10.2 Å². The van der Waals surface area contributed by atoms with Crippen LogP contribution < -0.4 is 5.32 Å². The molecule has 4 unspecified atom stereocenters. The molecule has 1 aliphatic carbocycles. The Morgan fingerprint density at radius 3 is 2.62 bits per heavy atom. The Hall–Kier alpha value is -0.0800. The predicted octanol–water partition coefficient (Wildman–Crippen LogP) is 2.35. The van der Waals surface area contributed by atoms with Gasteiger partial charge >= 0.3 is 0 Å². The average molecular weight is 224 g/mol. The summed E-state index contributed by atoms with van der Waals surface area (Å²) in [4.78, 5) is 2.71. The molecule has 1 saturated heterocycles. The van der Waals surface area contributed by atoms with Crippen molar-refractivity contribution in [1.29, 1.82) is 0 Å². The molecule has 94 valence electrons. The highest BCUT2D eigenvalue weighted by Crippen LogP contribution is 2.29. The van der Waals surface area contributed by atoms with Gasteiger partial charge in [0.05, 0.1) is 0 Å². The Morgan fingerprint density at radius 1 is 1.12 bits per heavy atom. The highest BCUT2D eigenvalue weighted by Gasteiger charge is 2.30. The van der Waals surface area contributed by atoms with Crippen molar-refractivity contribution < 1.29 is 0 Å². The van der Waals surface area contributed by atoms with E-state index in [4.69, 9.17) is 0 Å². The molecule has 0 spiro atoms. The molecule has 0 bridgehead atoms. The molecule has 2 nitrogen and oxygen atoms in total. The van der Waals surface area contributed by atoms with E-state index in [-0.39, 0.29) is 0 Å². The summed E-state index contributed by atoms with van der Waals surface area (Å²) in [5.41, 5.74) is 0. The molecule has 2 rings (SSSR count). The van der Waals surface area contributed by atoms with Gasteiger partial charge in [-0.05, 0) is 50.6 Å². The first-order valence-electron chi connectivity index (χ1n) is 7.10. The number of hydrogen-bond acceptors (Lipinski definition) is 2. The molecule has 0 aromatic carbocycles. The second kappa shape index (κ2) is 5.50. The molecule has 1 saturated carbocycles. The fourth-order valence-electron chi connectivity index (χ4n) is 3.48. The van der Waals surface area contributed by atoms with Crippen molar-refractivity contribution in [3.05, 3.63) is 0 Å². The van der Waals surface area contributed by atoms with Gasteiger partial charge in [0, 0.05) is 19.1 Å². The lowest BCUT2D eigenvalue weighted by Crippen LogP contribution is -2.44. The molecule has 0 radical (unpaired) electrons. The van der Waals surface area contributed by atoms with Crippen molar-refractivity contribution in [2.75, 3.05) is 26.7 Å². The minimum atomic E-state index is 0.787. The summed E-state index contributed by atoms with van der Waals surface area (Å²) in [6, 6.07) is 0.787. The van der Waals surface area contributed by atoms with E-state index in [1.165, 1.54) is 45.3 Å².